The first-order valence-electron chi connectivity index (χ1n) is 8.37. The first kappa shape index (κ1) is 16.9. The number of hydrogen-bond donors (Lipinski definition) is 1. The minimum Gasteiger partial charge on any atom is -0.375 e. The monoisotopic (exact) mass is 338 g/mol. The van der Waals surface area contributed by atoms with Crippen molar-refractivity contribution in [3.63, 3.8) is 0 Å². The first-order valence-corrected chi connectivity index (χ1v) is 9.25. The van der Waals surface area contributed by atoms with Crippen molar-refractivity contribution < 1.29 is 14.3 Å². The number of methoxy groups -OCH3 is 1. The summed E-state index contributed by atoms with van der Waals surface area (Å²) in [6, 6.07) is 4.31. The standard InChI is InChI=1S/C17H26N2O3S/c1-21-12-16(20)18-10-14-4-2-6-17(22-14)7-8-19(13-17)11-15-5-3-9-23-15/h3,5,9,14H,2,4,6-8,10-13H2,1H3,(H,18,20)/t14-,17-/m0/s1. The Hall–Kier alpha value is -0.950. The zero-order valence-electron chi connectivity index (χ0n) is 13.8. The summed E-state index contributed by atoms with van der Waals surface area (Å²) < 4.78 is 11.3. The van der Waals surface area contributed by atoms with Gasteiger partial charge in [-0.1, -0.05) is 6.07 Å². The second-order valence-corrected chi connectivity index (χ2v) is 7.62. The second-order valence-electron chi connectivity index (χ2n) is 6.59. The van der Waals surface area contributed by atoms with Crippen LogP contribution in [0.15, 0.2) is 17.5 Å². The van der Waals surface area contributed by atoms with E-state index >= 15 is 0 Å². The van der Waals surface area contributed by atoms with Crippen molar-refractivity contribution in [1.29, 1.82) is 0 Å². The smallest absolute Gasteiger partial charge is 0.246 e. The van der Waals surface area contributed by atoms with Crippen LogP contribution in [-0.4, -0.2) is 55.9 Å². The predicted octanol–water partition coefficient (Wildman–Crippen LogP) is 2.02. The number of ether oxygens (including phenoxy) is 2. The molecule has 128 valence electrons. The molecule has 2 fully saturated rings. The van der Waals surface area contributed by atoms with Crippen LogP contribution in [0.3, 0.4) is 0 Å². The number of likely N-dealkylation sites (tertiary alicyclic amines) is 1. The molecule has 2 aliphatic heterocycles. The number of nitrogens with zero attached hydrogens (tertiary/aromatic N) is 1. The molecule has 3 rings (SSSR count). The Balaban J connectivity index is 1.49. The lowest BCUT2D eigenvalue weighted by molar-refractivity contribution is -0.132. The van der Waals surface area contributed by atoms with E-state index in [1.54, 1.807) is 0 Å². The van der Waals surface area contributed by atoms with E-state index in [4.69, 9.17) is 9.47 Å². The van der Waals surface area contributed by atoms with Crippen LogP contribution in [0, 0.1) is 0 Å². The van der Waals surface area contributed by atoms with Gasteiger partial charge in [0.05, 0.1) is 11.7 Å². The summed E-state index contributed by atoms with van der Waals surface area (Å²) in [7, 11) is 1.53. The molecule has 0 radical (unpaired) electrons. The highest BCUT2D eigenvalue weighted by molar-refractivity contribution is 7.09. The average molecular weight is 338 g/mol. The van der Waals surface area contributed by atoms with Crippen LogP contribution in [0.1, 0.15) is 30.6 Å². The molecule has 6 heteroatoms. The summed E-state index contributed by atoms with van der Waals surface area (Å²) in [6.07, 6.45) is 4.57. The fraction of sp³-hybridized carbons (Fsp3) is 0.706. The number of thiophene rings is 1. The van der Waals surface area contributed by atoms with Crippen molar-refractivity contribution in [2.24, 2.45) is 0 Å². The van der Waals surface area contributed by atoms with Crippen LogP contribution < -0.4 is 5.32 Å². The van der Waals surface area contributed by atoms with Gasteiger partial charge in [-0.25, -0.2) is 0 Å². The molecule has 3 heterocycles. The number of rotatable bonds is 6. The van der Waals surface area contributed by atoms with Gasteiger partial charge in [-0.2, -0.15) is 0 Å². The highest BCUT2D eigenvalue weighted by atomic mass is 32.1. The third-order valence-electron chi connectivity index (χ3n) is 4.73. The summed E-state index contributed by atoms with van der Waals surface area (Å²) in [5, 5.41) is 5.04. The quantitative estimate of drug-likeness (QED) is 0.862. The summed E-state index contributed by atoms with van der Waals surface area (Å²) in [4.78, 5) is 15.4. The third-order valence-corrected chi connectivity index (χ3v) is 5.59. The van der Waals surface area contributed by atoms with Gasteiger partial charge in [0.2, 0.25) is 5.91 Å². The van der Waals surface area contributed by atoms with Crippen molar-refractivity contribution in [3.05, 3.63) is 22.4 Å². The van der Waals surface area contributed by atoms with Crippen LogP contribution in [0.4, 0.5) is 0 Å². The first-order chi connectivity index (χ1) is 11.2. The normalized spacial score (nSPS) is 28.3. The number of nitrogens with one attached hydrogen (secondary N) is 1. The van der Waals surface area contributed by atoms with Crippen LogP contribution in [0.2, 0.25) is 0 Å². The molecule has 1 N–H and O–H groups in total. The van der Waals surface area contributed by atoms with Crippen LogP contribution in [-0.2, 0) is 20.8 Å². The third kappa shape index (κ3) is 4.53. The lowest BCUT2D eigenvalue weighted by Gasteiger charge is -2.39. The molecule has 5 nitrogen and oxygen atoms in total. The zero-order valence-corrected chi connectivity index (χ0v) is 14.6. The molecule has 0 aliphatic carbocycles. The van der Waals surface area contributed by atoms with Gasteiger partial charge in [0.1, 0.15) is 6.61 Å². The highest BCUT2D eigenvalue weighted by Crippen LogP contribution is 2.37. The van der Waals surface area contributed by atoms with E-state index in [1.165, 1.54) is 18.4 Å². The van der Waals surface area contributed by atoms with Gasteiger partial charge in [0.25, 0.3) is 0 Å². The molecule has 0 aromatic carbocycles. The molecule has 2 aliphatic rings. The van der Waals surface area contributed by atoms with E-state index in [9.17, 15) is 4.79 Å². The van der Waals surface area contributed by atoms with Gasteiger partial charge >= 0.3 is 0 Å². The van der Waals surface area contributed by atoms with Crippen LogP contribution in [0.25, 0.3) is 0 Å². The Bertz CT molecular complexity index is 508. The van der Waals surface area contributed by atoms with E-state index in [2.05, 4.69) is 27.7 Å². The minimum absolute atomic E-state index is 0.00778. The van der Waals surface area contributed by atoms with Crippen molar-refractivity contribution in [2.75, 3.05) is 33.4 Å². The van der Waals surface area contributed by atoms with E-state index in [0.29, 0.717) is 6.54 Å². The molecule has 23 heavy (non-hydrogen) atoms. The SMILES string of the molecule is COCC(=O)NC[C@@H]1CCC[C@@]2(CCN(Cc3cccs3)C2)O1. The second kappa shape index (κ2) is 7.75. The van der Waals surface area contributed by atoms with Gasteiger partial charge in [-0.3, -0.25) is 9.69 Å². The lowest BCUT2D eigenvalue weighted by atomic mass is 9.90. The molecule has 1 amide bonds. The van der Waals surface area contributed by atoms with E-state index < -0.39 is 0 Å². The van der Waals surface area contributed by atoms with Gasteiger partial charge in [-0.05, 0) is 37.1 Å². The zero-order chi connectivity index (χ0) is 16.1. The Labute approximate surface area is 142 Å². The number of hydrogen-bond acceptors (Lipinski definition) is 5. The van der Waals surface area contributed by atoms with Crippen LogP contribution >= 0.6 is 11.3 Å². The Kier molecular flexibility index (Phi) is 5.69. The molecule has 0 bridgehead atoms. The van der Waals surface area contributed by atoms with Crippen molar-refractivity contribution in [2.45, 2.75) is 43.9 Å². The molecule has 0 unspecified atom stereocenters. The van der Waals surface area contributed by atoms with Crippen molar-refractivity contribution in [3.8, 4) is 0 Å². The minimum atomic E-state index is -0.0681. The highest BCUT2D eigenvalue weighted by Gasteiger charge is 2.42. The molecule has 2 saturated heterocycles. The fourth-order valence-corrected chi connectivity index (χ4v) is 4.41. The van der Waals surface area contributed by atoms with Gasteiger partial charge in [0.15, 0.2) is 0 Å². The molecular formula is C17H26N2O3S. The maximum Gasteiger partial charge on any atom is 0.246 e. The maximum atomic E-state index is 11.5. The molecule has 0 saturated carbocycles. The number of carbonyl (C=O) groups excluding carboxylic acids is 1. The van der Waals surface area contributed by atoms with Gasteiger partial charge in [-0.15, -0.1) is 11.3 Å². The number of amides is 1. The predicted molar refractivity (Wildman–Crippen MR) is 90.6 cm³/mol. The summed E-state index contributed by atoms with van der Waals surface area (Å²) in [6.45, 7) is 3.84. The summed E-state index contributed by atoms with van der Waals surface area (Å²) in [5.41, 5.74) is -0.00778. The summed E-state index contributed by atoms with van der Waals surface area (Å²) in [5.74, 6) is -0.0681. The molecule has 2 atom stereocenters. The topological polar surface area (TPSA) is 50.8 Å². The molecule has 1 spiro atoms. The maximum absolute atomic E-state index is 11.5. The summed E-state index contributed by atoms with van der Waals surface area (Å²) >= 11 is 1.82. The number of carbonyl (C=O) groups is 1. The van der Waals surface area contributed by atoms with Gasteiger partial charge < -0.3 is 14.8 Å². The van der Waals surface area contributed by atoms with Crippen molar-refractivity contribution in [1.82, 2.24) is 10.2 Å². The largest absolute Gasteiger partial charge is 0.375 e. The Morgan fingerprint density at radius 2 is 2.48 bits per heavy atom. The van der Waals surface area contributed by atoms with Crippen molar-refractivity contribution >= 4 is 17.2 Å². The molecular weight excluding hydrogens is 312 g/mol. The van der Waals surface area contributed by atoms with E-state index in [-0.39, 0.29) is 24.2 Å². The van der Waals surface area contributed by atoms with E-state index in [0.717, 1.165) is 38.9 Å². The van der Waals surface area contributed by atoms with Gasteiger partial charge in [0, 0.05) is 38.2 Å². The van der Waals surface area contributed by atoms with Crippen LogP contribution in [0.5, 0.6) is 0 Å². The Morgan fingerprint density at radius 3 is 3.26 bits per heavy atom. The average Bonchev–Trinajstić information content (AvgIpc) is 3.17. The molecule has 1 aromatic rings. The lowest BCUT2D eigenvalue weighted by Crippen LogP contribution is -2.47. The fourth-order valence-electron chi connectivity index (χ4n) is 3.66. The van der Waals surface area contributed by atoms with E-state index in [1.807, 2.05) is 11.3 Å². The Morgan fingerprint density at radius 1 is 1.57 bits per heavy atom. The molecule has 1 aromatic heterocycles.